The molecule has 1 fully saturated rings. The molecule has 1 aliphatic carbocycles. The van der Waals surface area contributed by atoms with Crippen LogP contribution >= 0.6 is 0 Å². The van der Waals surface area contributed by atoms with Crippen LogP contribution in [0.2, 0.25) is 0 Å². The Bertz CT molecular complexity index is 466. The number of aliphatic hydroxyl groups is 1. The quantitative estimate of drug-likeness (QED) is 0.776. The Morgan fingerprint density at radius 1 is 1.36 bits per heavy atom. The van der Waals surface area contributed by atoms with Crippen LogP contribution in [0.25, 0.3) is 0 Å². The molecule has 22 heavy (non-hydrogen) atoms. The summed E-state index contributed by atoms with van der Waals surface area (Å²) in [5.41, 5.74) is 1.22. The fourth-order valence-electron chi connectivity index (χ4n) is 3.04. The van der Waals surface area contributed by atoms with Crippen molar-refractivity contribution in [3.05, 3.63) is 29.8 Å². The lowest BCUT2D eigenvalue weighted by molar-refractivity contribution is -0.123. The standard InChI is InChI=1S/C18H27NO3/c1-3-17(14-11-15(20)12-14)19-18(21)6-4-5-13-7-9-16(22-2)10-8-13/h7-10,14-15,17,20H,3-6,11-12H2,1-2H3,(H,19,21). The SMILES string of the molecule is CCC(NC(=O)CCCc1ccc(OC)cc1)C1CC(O)C1. The highest BCUT2D eigenvalue weighted by atomic mass is 16.5. The summed E-state index contributed by atoms with van der Waals surface area (Å²) in [5, 5.41) is 12.5. The van der Waals surface area contributed by atoms with Crippen molar-refractivity contribution in [2.75, 3.05) is 7.11 Å². The molecule has 2 rings (SSSR count). The number of ether oxygens (including phenoxy) is 1. The first kappa shape index (κ1) is 16.8. The maximum Gasteiger partial charge on any atom is 0.220 e. The highest BCUT2D eigenvalue weighted by molar-refractivity contribution is 5.76. The maximum absolute atomic E-state index is 12.0. The Morgan fingerprint density at radius 2 is 2.05 bits per heavy atom. The number of nitrogens with one attached hydrogen (secondary N) is 1. The number of aryl methyl sites for hydroxylation is 1. The number of hydrogen-bond acceptors (Lipinski definition) is 3. The summed E-state index contributed by atoms with van der Waals surface area (Å²) in [6.45, 7) is 2.09. The monoisotopic (exact) mass is 305 g/mol. The normalized spacial score (nSPS) is 21.8. The van der Waals surface area contributed by atoms with Gasteiger partial charge in [0.1, 0.15) is 5.75 Å². The highest BCUT2D eigenvalue weighted by Crippen LogP contribution is 2.31. The van der Waals surface area contributed by atoms with Gasteiger partial charge in [-0.1, -0.05) is 19.1 Å². The molecule has 0 heterocycles. The highest BCUT2D eigenvalue weighted by Gasteiger charge is 2.33. The lowest BCUT2D eigenvalue weighted by atomic mass is 9.76. The molecule has 2 N–H and O–H groups in total. The van der Waals surface area contributed by atoms with Crippen molar-refractivity contribution in [2.24, 2.45) is 5.92 Å². The van der Waals surface area contributed by atoms with E-state index in [1.165, 1.54) is 5.56 Å². The molecular weight excluding hydrogens is 278 g/mol. The van der Waals surface area contributed by atoms with Gasteiger partial charge in [-0.2, -0.15) is 0 Å². The molecule has 1 aliphatic rings. The van der Waals surface area contributed by atoms with E-state index in [9.17, 15) is 9.90 Å². The van der Waals surface area contributed by atoms with Crippen LogP contribution in [-0.4, -0.2) is 30.3 Å². The third kappa shape index (κ3) is 4.73. The van der Waals surface area contributed by atoms with Gasteiger partial charge in [-0.15, -0.1) is 0 Å². The van der Waals surface area contributed by atoms with Crippen LogP contribution < -0.4 is 10.1 Å². The summed E-state index contributed by atoms with van der Waals surface area (Å²) < 4.78 is 5.13. The third-order valence-electron chi connectivity index (χ3n) is 4.53. The lowest BCUT2D eigenvalue weighted by Gasteiger charge is -2.37. The molecule has 1 aromatic carbocycles. The van der Waals surface area contributed by atoms with Crippen LogP contribution in [0.1, 0.15) is 44.6 Å². The van der Waals surface area contributed by atoms with Crippen LogP contribution in [0.5, 0.6) is 5.75 Å². The summed E-state index contributed by atoms with van der Waals surface area (Å²) in [6.07, 6.45) is 4.72. The smallest absolute Gasteiger partial charge is 0.220 e. The Labute approximate surface area is 132 Å². The summed E-state index contributed by atoms with van der Waals surface area (Å²) in [5.74, 6) is 1.43. The predicted molar refractivity (Wildman–Crippen MR) is 86.9 cm³/mol. The molecule has 122 valence electrons. The molecule has 4 heteroatoms. The molecule has 0 spiro atoms. The Morgan fingerprint density at radius 3 is 2.59 bits per heavy atom. The average molecular weight is 305 g/mol. The topological polar surface area (TPSA) is 58.6 Å². The van der Waals surface area contributed by atoms with E-state index in [4.69, 9.17) is 4.74 Å². The average Bonchev–Trinajstić information content (AvgIpc) is 2.50. The van der Waals surface area contributed by atoms with Gasteiger partial charge in [0.15, 0.2) is 0 Å². The van der Waals surface area contributed by atoms with Gasteiger partial charge in [-0.25, -0.2) is 0 Å². The lowest BCUT2D eigenvalue weighted by Crippen LogP contribution is -2.46. The van der Waals surface area contributed by atoms with Crippen LogP contribution in [0.15, 0.2) is 24.3 Å². The molecule has 1 aromatic rings. The second-order valence-corrected chi connectivity index (χ2v) is 6.17. The van der Waals surface area contributed by atoms with Crippen molar-refractivity contribution in [2.45, 2.75) is 57.6 Å². The Balaban J connectivity index is 1.68. The first-order valence-corrected chi connectivity index (χ1v) is 8.22. The zero-order chi connectivity index (χ0) is 15.9. The summed E-state index contributed by atoms with van der Waals surface area (Å²) >= 11 is 0. The van der Waals surface area contributed by atoms with Gasteiger partial charge >= 0.3 is 0 Å². The molecule has 0 aromatic heterocycles. The number of hydrogen-bond donors (Lipinski definition) is 2. The van der Waals surface area contributed by atoms with Crippen molar-refractivity contribution in [1.29, 1.82) is 0 Å². The van der Waals surface area contributed by atoms with E-state index in [2.05, 4.69) is 12.2 Å². The van der Waals surface area contributed by atoms with Crippen LogP contribution in [0.3, 0.4) is 0 Å². The molecule has 4 nitrogen and oxygen atoms in total. The molecule has 0 saturated heterocycles. The number of carbonyl (C=O) groups is 1. The van der Waals surface area contributed by atoms with Crippen molar-refractivity contribution in [1.82, 2.24) is 5.32 Å². The van der Waals surface area contributed by atoms with Gasteiger partial charge in [0.25, 0.3) is 0 Å². The van der Waals surface area contributed by atoms with Crippen LogP contribution in [0.4, 0.5) is 0 Å². The summed E-state index contributed by atoms with van der Waals surface area (Å²) in [4.78, 5) is 12.0. The molecule has 0 aliphatic heterocycles. The van der Waals surface area contributed by atoms with Gasteiger partial charge in [-0.05, 0) is 55.7 Å². The van der Waals surface area contributed by atoms with E-state index in [1.807, 2.05) is 24.3 Å². The molecule has 0 radical (unpaired) electrons. The van der Waals surface area contributed by atoms with E-state index in [1.54, 1.807) is 7.11 Å². The minimum atomic E-state index is -0.161. The van der Waals surface area contributed by atoms with Gasteiger partial charge in [0, 0.05) is 12.5 Å². The molecule has 1 saturated carbocycles. The number of aliphatic hydroxyl groups excluding tert-OH is 1. The molecule has 1 unspecified atom stereocenters. The van der Waals surface area contributed by atoms with Gasteiger partial charge < -0.3 is 15.2 Å². The summed E-state index contributed by atoms with van der Waals surface area (Å²) in [7, 11) is 1.66. The minimum Gasteiger partial charge on any atom is -0.497 e. The van der Waals surface area contributed by atoms with Crippen molar-refractivity contribution >= 4 is 5.91 Å². The minimum absolute atomic E-state index is 0.127. The molecule has 1 amide bonds. The van der Waals surface area contributed by atoms with Crippen LogP contribution in [0, 0.1) is 5.92 Å². The summed E-state index contributed by atoms with van der Waals surface area (Å²) in [6, 6.07) is 8.20. The number of carbonyl (C=O) groups excluding carboxylic acids is 1. The van der Waals surface area contributed by atoms with Crippen molar-refractivity contribution < 1.29 is 14.6 Å². The molecule has 1 atom stereocenters. The van der Waals surface area contributed by atoms with Gasteiger partial charge in [0.05, 0.1) is 13.2 Å². The van der Waals surface area contributed by atoms with E-state index in [0.717, 1.165) is 37.9 Å². The largest absolute Gasteiger partial charge is 0.497 e. The van der Waals surface area contributed by atoms with Crippen LogP contribution in [-0.2, 0) is 11.2 Å². The zero-order valence-electron chi connectivity index (χ0n) is 13.5. The van der Waals surface area contributed by atoms with E-state index < -0.39 is 0 Å². The van der Waals surface area contributed by atoms with Gasteiger partial charge in [0.2, 0.25) is 5.91 Å². The fraction of sp³-hybridized carbons (Fsp3) is 0.611. The second kappa shape index (κ2) is 8.18. The van der Waals surface area contributed by atoms with E-state index in [0.29, 0.717) is 12.3 Å². The number of benzene rings is 1. The third-order valence-corrected chi connectivity index (χ3v) is 4.53. The van der Waals surface area contributed by atoms with Gasteiger partial charge in [-0.3, -0.25) is 4.79 Å². The number of methoxy groups -OCH3 is 1. The Hall–Kier alpha value is -1.55. The first-order chi connectivity index (χ1) is 10.6. The maximum atomic E-state index is 12.0. The van der Waals surface area contributed by atoms with Crippen molar-refractivity contribution in [3.63, 3.8) is 0 Å². The Kier molecular flexibility index (Phi) is 6.25. The zero-order valence-corrected chi connectivity index (χ0v) is 13.5. The van der Waals surface area contributed by atoms with E-state index >= 15 is 0 Å². The number of amides is 1. The van der Waals surface area contributed by atoms with Crippen molar-refractivity contribution in [3.8, 4) is 5.75 Å². The van der Waals surface area contributed by atoms with E-state index in [-0.39, 0.29) is 18.1 Å². The fourth-order valence-corrected chi connectivity index (χ4v) is 3.04. The second-order valence-electron chi connectivity index (χ2n) is 6.17. The molecule has 0 bridgehead atoms. The first-order valence-electron chi connectivity index (χ1n) is 8.22. The number of rotatable bonds is 8. The predicted octanol–water partition coefficient (Wildman–Crippen LogP) is 2.68. The molecular formula is C18H27NO3.